The number of hydrogen-bond donors (Lipinski definition) is 0. The van der Waals surface area contributed by atoms with E-state index in [4.69, 9.17) is 0 Å². The fourth-order valence-corrected chi connectivity index (χ4v) is 3.69. The lowest BCUT2D eigenvalue weighted by molar-refractivity contribution is 0.185. The molecule has 1 saturated carbocycles. The minimum absolute atomic E-state index is 0.199. The van der Waals surface area contributed by atoms with Gasteiger partial charge in [-0.1, -0.05) is 22.9 Å². The number of aryl methyl sites for hydroxylation is 1. The van der Waals surface area contributed by atoms with Gasteiger partial charge in [-0.15, -0.1) is 10.2 Å². The molecule has 2 aromatic rings. The molecule has 0 N–H and O–H groups in total. The molecule has 1 heterocycles. The van der Waals surface area contributed by atoms with Crippen molar-refractivity contribution >= 4 is 15.9 Å². The van der Waals surface area contributed by atoms with Gasteiger partial charge in [0.05, 0.1) is 5.41 Å². The van der Waals surface area contributed by atoms with Crippen LogP contribution in [-0.4, -0.2) is 14.8 Å². The molecular weight excluding hydrogens is 309 g/mol. The Labute approximate surface area is 120 Å². The van der Waals surface area contributed by atoms with Crippen molar-refractivity contribution in [3.05, 3.63) is 46.2 Å². The fourth-order valence-electron chi connectivity index (χ4n) is 3.22. The van der Waals surface area contributed by atoms with Crippen molar-refractivity contribution in [1.29, 1.82) is 0 Å². The van der Waals surface area contributed by atoms with Crippen LogP contribution in [0, 0.1) is 11.7 Å². The van der Waals surface area contributed by atoms with Gasteiger partial charge in [0.15, 0.2) is 0 Å². The summed E-state index contributed by atoms with van der Waals surface area (Å²) in [5, 5.41) is 8.23. The molecule has 1 aliphatic rings. The van der Waals surface area contributed by atoms with Crippen LogP contribution in [-0.2, 0) is 12.5 Å². The van der Waals surface area contributed by atoms with E-state index < -0.39 is 0 Å². The van der Waals surface area contributed by atoms with Crippen LogP contribution in [0.15, 0.2) is 29.0 Å². The van der Waals surface area contributed by atoms with Crippen LogP contribution in [0.5, 0.6) is 0 Å². The van der Waals surface area contributed by atoms with Crippen molar-refractivity contribution < 1.29 is 4.39 Å². The third-order valence-electron chi connectivity index (χ3n) is 3.95. The lowest BCUT2D eigenvalue weighted by Crippen LogP contribution is -2.43. The maximum atomic E-state index is 13.7. The molecule has 100 valence electrons. The van der Waals surface area contributed by atoms with Crippen molar-refractivity contribution in [2.45, 2.75) is 25.2 Å². The first-order chi connectivity index (χ1) is 9.01. The summed E-state index contributed by atoms with van der Waals surface area (Å²) >= 11 is 3.37. The number of aromatic nitrogens is 3. The summed E-state index contributed by atoms with van der Waals surface area (Å²) in [4.78, 5) is 0. The Morgan fingerprint density at radius 2 is 2.11 bits per heavy atom. The van der Waals surface area contributed by atoms with Gasteiger partial charge in [-0.2, -0.15) is 0 Å². The van der Waals surface area contributed by atoms with E-state index in [1.54, 1.807) is 12.4 Å². The van der Waals surface area contributed by atoms with E-state index in [2.05, 4.69) is 33.1 Å². The van der Waals surface area contributed by atoms with Gasteiger partial charge in [-0.3, -0.25) is 0 Å². The third kappa shape index (κ3) is 2.00. The molecule has 0 saturated heterocycles. The molecule has 0 bridgehead atoms. The van der Waals surface area contributed by atoms with Crippen molar-refractivity contribution in [2.24, 2.45) is 13.0 Å². The minimum atomic E-state index is -0.217. The number of rotatable bonds is 2. The maximum Gasteiger partial charge on any atom is 0.143 e. The normalized spacial score (nSPS) is 26.2. The Morgan fingerprint density at radius 1 is 1.37 bits per heavy atom. The Bertz CT molecular complexity index is 597. The first-order valence-electron chi connectivity index (χ1n) is 6.32. The highest BCUT2D eigenvalue weighted by atomic mass is 79.9. The van der Waals surface area contributed by atoms with Crippen LogP contribution in [0.2, 0.25) is 0 Å². The molecule has 0 radical (unpaired) electrons. The topological polar surface area (TPSA) is 30.7 Å². The fraction of sp³-hybridized carbons (Fsp3) is 0.429. The Balaban J connectivity index is 2.14. The molecule has 5 heteroatoms. The Kier molecular flexibility index (Phi) is 2.96. The lowest BCUT2D eigenvalue weighted by Gasteiger charge is -2.46. The highest BCUT2D eigenvalue weighted by Crippen LogP contribution is 2.51. The molecule has 19 heavy (non-hydrogen) atoms. The Morgan fingerprint density at radius 3 is 2.63 bits per heavy atom. The van der Waals surface area contributed by atoms with Gasteiger partial charge in [0, 0.05) is 11.5 Å². The number of halogens is 2. The zero-order valence-electron chi connectivity index (χ0n) is 10.9. The zero-order chi connectivity index (χ0) is 13.6. The molecule has 3 rings (SSSR count). The van der Waals surface area contributed by atoms with Crippen LogP contribution in [0.25, 0.3) is 0 Å². The largest absolute Gasteiger partial charge is 0.320 e. The summed E-state index contributed by atoms with van der Waals surface area (Å²) in [5.41, 5.74) is 0.781. The molecule has 0 unspecified atom stereocenters. The molecule has 1 fully saturated rings. The standard InChI is InChI=1S/C14H15BrFN3/c1-9-6-14(7-9,13-18-17-8-19(13)2)10-3-11(15)5-12(16)4-10/h3-5,8-9H,6-7H2,1-2H3. The average molecular weight is 324 g/mol. The first kappa shape index (κ1) is 12.8. The highest BCUT2D eigenvalue weighted by molar-refractivity contribution is 9.10. The Hall–Kier alpha value is -1.23. The number of nitrogens with zero attached hydrogens (tertiary/aromatic N) is 3. The predicted molar refractivity (Wildman–Crippen MR) is 74.3 cm³/mol. The van der Waals surface area contributed by atoms with Crippen LogP contribution in [0.3, 0.4) is 0 Å². The summed E-state index contributed by atoms with van der Waals surface area (Å²) in [6.07, 6.45) is 3.67. The van der Waals surface area contributed by atoms with Crippen molar-refractivity contribution in [1.82, 2.24) is 14.8 Å². The number of benzene rings is 1. The second-order valence-corrected chi connectivity index (χ2v) is 6.43. The summed E-state index contributed by atoms with van der Waals surface area (Å²) in [7, 11) is 1.94. The van der Waals surface area contributed by atoms with Gasteiger partial charge in [-0.25, -0.2) is 4.39 Å². The second-order valence-electron chi connectivity index (χ2n) is 5.52. The lowest BCUT2D eigenvalue weighted by atomic mass is 9.58. The van der Waals surface area contributed by atoms with E-state index in [9.17, 15) is 4.39 Å². The third-order valence-corrected chi connectivity index (χ3v) is 4.41. The minimum Gasteiger partial charge on any atom is -0.320 e. The summed E-state index contributed by atoms with van der Waals surface area (Å²) < 4.78 is 16.4. The predicted octanol–water partition coefficient (Wildman–Crippen LogP) is 3.43. The molecule has 0 atom stereocenters. The molecule has 3 nitrogen and oxygen atoms in total. The summed E-state index contributed by atoms with van der Waals surface area (Å²) in [6.45, 7) is 2.21. The van der Waals surface area contributed by atoms with Gasteiger partial charge in [-0.05, 0) is 42.5 Å². The highest BCUT2D eigenvalue weighted by Gasteiger charge is 2.48. The molecule has 1 aromatic carbocycles. The van der Waals surface area contributed by atoms with Crippen LogP contribution < -0.4 is 0 Å². The molecule has 0 amide bonds. The smallest absolute Gasteiger partial charge is 0.143 e. The first-order valence-corrected chi connectivity index (χ1v) is 7.11. The molecule has 1 aromatic heterocycles. The van der Waals surface area contributed by atoms with E-state index in [0.717, 1.165) is 28.7 Å². The molecule has 0 spiro atoms. The van der Waals surface area contributed by atoms with Crippen molar-refractivity contribution in [3.8, 4) is 0 Å². The van der Waals surface area contributed by atoms with Gasteiger partial charge < -0.3 is 4.57 Å². The van der Waals surface area contributed by atoms with Crippen molar-refractivity contribution in [3.63, 3.8) is 0 Å². The molecule has 0 aliphatic heterocycles. The van der Waals surface area contributed by atoms with Crippen LogP contribution >= 0.6 is 15.9 Å². The SMILES string of the molecule is CC1CC(c2cc(F)cc(Br)c2)(c2nncn2C)C1. The van der Waals surface area contributed by atoms with E-state index in [1.807, 2.05) is 17.7 Å². The number of hydrogen-bond acceptors (Lipinski definition) is 2. The van der Waals surface area contributed by atoms with Crippen LogP contribution in [0.4, 0.5) is 4.39 Å². The van der Waals surface area contributed by atoms with Gasteiger partial charge in [0.1, 0.15) is 18.0 Å². The second kappa shape index (κ2) is 4.40. The van der Waals surface area contributed by atoms with Crippen LogP contribution in [0.1, 0.15) is 31.2 Å². The van der Waals surface area contributed by atoms with Gasteiger partial charge in [0.25, 0.3) is 0 Å². The summed E-state index contributed by atoms with van der Waals surface area (Å²) in [6, 6.07) is 5.09. The van der Waals surface area contributed by atoms with Gasteiger partial charge in [0.2, 0.25) is 0 Å². The van der Waals surface area contributed by atoms with E-state index in [1.165, 1.54) is 6.07 Å². The van der Waals surface area contributed by atoms with E-state index in [0.29, 0.717) is 5.92 Å². The maximum absolute atomic E-state index is 13.7. The molecule has 1 aliphatic carbocycles. The average Bonchev–Trinajstić information content (AvgIpc) is 2.70. The van der Waals surface area contributed by atoms with E-state index in [-0.39, 0.29) is 11.2 Å². The monoisotopic (exact) mass is 323 g/mol. The zero-order valence-corrected chi connectivity index (χ0v) is 12.5. The van der Waals surface area contributed by atoms with Gasteiger partial charge >= 0.3 is 0 Å². The van der Waals surface area contributed by atoms with E-state index >= 15 is 0 Å². The quantitative estimate of drug-likeness (QED) is 0.847. The van der Waals surface area contributed by atoms with Crippen molar-refractivity contribution in [2.75, 3.05) is 0 Å². The molecular formula is C14H15BrFN3. The summed E-state index contributed by atoms with van der Waals surface area (Å²) in [5.74, 6) is 1.33.